The predicted octanol–water partition coefficient (Wildman–Crippen LogP) is 3.38. The van der Waals surface area contributed by atoms with Gasteiger partial charge in [-0.3, -0.25) is 4.99 Å². The highest BCUT2D eigenvalue weighted by Crippen LogP contribution is 2.36. The Morgan fingerprint density at radius 1 is 1.54 bits per heavy atom. The molecule has 2 aliphatic rings. The molecule has 1 N–H and O–H groups in total. The van der Waals surface area contributed by atoms with Gasteiger partial charge in [0.05, 0.1) is 17.2 Å². The van der Waals surface area contributed by atoms with E-state index < -0.39 is 10.0 Å². The zero-order chi connectivity index (χ0) is 17.7. The predicted molar refractivity (Wildman–Crippen MR) is 102 cm³/mol. The summed E-state index contributed by atoms with van der Waals surface area (Å²) in [5, 5.41) is -0.106. The highest BCUT2D eigenvalue weighted by Gasteiger charge is 2.35. The van der Waals surface area contributed by atoms with Crippen LogP contribution in [0.1, 0.15) is 26.2 Å². The van der Waals surface area contributed by atoms with E-state index in [1.54, 1.807) is 20.2 Å². The third-order valence-corrected chi connectivity index (χ3v) is 6.01. The van der Waals surface area contributed by atoms with Crippen LogP contribution in [0.15, 0.2) is 52.6 Å². The van der Waals surface area contributed by atoms with Crippen molar-refractivity contribution in [3.05, 3.63) is 47.6 Å². The van der Waals surface area contributed by atoms with Gasteiger partial charge in [-0.15, -0.1) is 11.6 Å². The standard InChI is InChI=1S/C18H25ClN2O2S/c1-4-24(22,23)21-18(14-9-10-14)15(12-20-3)11-13(2)16-7-5-6-8-17(16)19/h5-7,11-12,14,17-18,21H,2,4,8-10H2,1,3H3. The molecule has 0 aromatic rings. The van der Waals surface area contributed by atoms with Gasteiger partial charge in [-0.25, -0.2) is 13.1 Å². The average molecular weight is 369 g/mol. The maximum atomic E-state index is 12.0. The number of hydrogen-bond acceptors (Lipinski definition) is 3. The Kier molecular flexibility index (Phi) is 6.61. The molecule has 0 aromatic carbocycles. The number of rotatable bonds is 8. The fraction of sp³-hybridized carbons (Fsp3) is 0.500. The first-order chi connectivity index (χ1) is 11.4. The Balaban J connectivity index is 2.30. The monoisotopic (exact) mass is 368 g/mol. The van der Waals surface area contributed by atoms with Crippen molar-refractivity contribution in [2.75, 3.05) is 12.8 Å². The number of nitrogens with one attached hydrogen (secondary N) is 1. The van der Waals surface area contributed by atoms with E-state index in [4.69, 9.17) is 11.6 Å². The smallest absolute Gasteiger partial charge is 0.211 e. The summed E-state index contributed by atoms with van der Waals surface area (Å²) in [7, 11) is -1.61. The summed E-state index contributed by atoms with van der Waals surface area (Å²) < 4.78 is 26.9. The number of halogens is 1. The summed E-state index contributed by atoms with van der Waals surface area (Å²) in [6, 6.07) is -0.260. The first kappa shape index (κ1) is 19.2. The molecule has 0 amide bonds. The minimum Gasteiger partial charge on any atom is -0.296 e. The molecule has 2 unspecified atom stereocenters. The molecule has 2 rings (SSSR count). The van der Waals surface area contributed by atoms with E-state index in [-0.39, 0.29) is 17.2 Å². The van der Waals surface area contributed by atoms with Gasteiger partial charge in [-0.05, 0) is 54.9 Å². The van der Waals surface area contributed by atoms with E-state index in [2.05, 4.69) is 16.3 Å². The molecule has 1 saturated carbocycles. The average Bonchev–Trinajstić information content (AvgIpc) is 3.37. The van der Waals surface area contributed by atoms with Crippen molar-refractivity contribution < 1.29 is 8.42 Å². The molecule has 24 heavy (non-hydrogen) atoms. The van der Waals surface area contributed by atoms with Crippen LogP contribution in [0, 0.1) is 5.92 Å². The number of alkyl halides is 1. The minimum atomic E-state index is -3.29. The Morgan fingerprint density at radius 3 is 2.79 bits per heavy atom. The zero-order valence-corrected chi connectivity index (χ0v) is 15.8. The molecule has 2 atom stereocenters. The van der Waals surface area contributed by atoms with Gasteiger partial charge in [-0.1, -0.05) is 24.8 Å². The Bertz CT molecular complexity index is 701. The van der Waals surface area contributed by atoms with Crippen molar-refractivity contribution in [3.8, 4) is 0 Å². The number of nitrogens with zero attached hydrogens (tertiary/aromatic N) is 1. The summed E-state index contributed by atoms with van der Waals surface area (Å²) in [6.07, 6.45) is 12.4. The Labute approximate surface area is 150 Å². The third-order valence-electron chi connectivity index (χ3n) is 4.22. The molecule has 0 saturated heterocycles. The van der Waals surface area contributed by atoms with Crippen LogP contribution in [0.2, 0.25) is 0 Å². The lowest BCUT2D eigenvalue weighted by molar-refractivity contribution is 0.554. The summed E-state index contributed by atoms with van der Waals surface area (Å²) in [6.45, 7) is 5.77. The van der Waals surface area contributed by atoms with Crippen LogP contribution in [0.25, 0.3) is 0 Å². The molecule has 0 heterocycles. The van der Waals surface area contributed by atoms with Crippen molar-refractivity contribution >= 4 is 27.8 Å². The molecule has 1 fully saturated rings. The van der Waals surface area contributed by atoms with Gasteiger partial charge in [0.2, 0.25) is 10.0 Å². The summed E-state index contributed by atoms with van der Waals surface area (Å²) in [4.78, 5) is 4.10. The second kappa shape index (κ2) is 8.28. The van der Waals surface area contributed by atoms with Gasteiger partial charge in [0, 0.05) is 13.3 Å². The van der Waals surface area contributed by atoms with Gasteiger partial charge >= 0.3 is 0 Å². The molecule has 2 aliphatic carbocycles. The summed E-state index contributed by atoms with van der Waals surface area (Å²) in [5.74, 6) is 0.378. The maximum Gasteiger partial charge on any atom is 0.211 e. The molecule has 0 aromatic heterocycles. The van der Waals surface area contributed by atoms with Crippen molar-refractivity contribution in [1.29, 1.82) is 0 Å². The molecular weight excluding hydrogens is 344 g/mol. The highest BCUT2D eigenvalue weighted by atomic mass is 35.5. The van der Waals surface area contributed by atoms with Gasteiger partial charge in [0.1, 0.15) is 0 Å². The quantitative estimate of drug-likeness (QED) is 0.405. The fourth-order valence-corrected chi connectivity index (χ4v) is 3.89. The van der Waals surface area contributed by atoms with Crippen LogP contribution in [0.5, 0.6) is 0 Å². The van der Waals surface area contributed by atoms with E-state index in [9.17, 15) is 8.42 Å². The normalized spacial score (nSPS) is 23.4. The number of sulfonamides is 1. The third kappa shape index (κ3) is 5.16. The van der Waals surface area contributed by atoms with Gasteiger partial charge in [0.15, 0.2) is 0 Å². The lowest BCUT2D eigenvalue weighted by Crippen LogP contribution is -2.39. The molecule has 0 aliphatic heterocycles. The highest BCUT2D eigenvalue weighted by molar-refractivity contribution is 7.89. The van der Waals surface area contributed by atoms with Gasteiger partial charge in [-0.2, -0.15) is 0 Å². The fourth-order valence-electron chi connectivity index (χ4n) is 2.69. The molecular formula is C18H25ClN2O2S. The van der Waals surface area contributed by atoms with E-state index in [1.165, 1.54) is 0 Å². The van der Waals surface area contributed by atoms with Crippen LogP contribution < -0.4 is 4.72 Å². The SMILES string of the molecule is C=C(C=C(C=NC)C(NS(=O)(=O)CC)C1CC1)C1=CC=CCC1Cl. The lowest BCUT2D eigenvalue weighted by Gasteiger charge is -2.21. The molecule has 6 heteroatoms. The zero-order valence-electron chi connectivity index (χ0n) is 14.2. The van der Waals surface area contributed by atoms with Crippen molar-refractivity contribution in [1.82, 2.24) is 4.72 Å². The van der Waals surface area contributed by atoms with Crippen molar-refractivity contribution in [2.45, 2.75) is 37.6 Å². The molecule has 0 spiro atoms. The number of aliphatic imine (C=N–C) groups is 1. The lowest BCUT2D eigenvalue weighted by atomic mass is 9.94. The van der Waals surface area contributed by atoms with E-state index >= 15 is 0 Å². The molecule has 4 nitrogen and oxygen atoms in total. The van der Waals surface area contributed by atoms with E-state index in [0.29, 0.717) is 5.92 Å². The second-order valence-corrected chi connectivity index (χ2v) is 8.72. The maximum absolute atomic E-state index is 12.0. The largest absolute Gasteiger partial charge is 0.296 e. The molecule has 132 valence electrons. The van der Waals surface area contributed by atoms with Crippen molar-refractivity contribution in [2.24, 2.45) is 10.9 Å². The van der Waals surface area contributed by atoms with Gasteiger partial charge in [0.25, 0.3) is 0 Å². The topological polar surface area (TPSA) is 58.5 Å². The second-order valence-electron chi connectivity index (χ2n) is 6.15. The Hall–Kier alpha value is -1.17. The van der Waals surface area contributed by atoms with Crippen molar-refractivity contribution in [3.63, 3.8) is 0 Å². The van der Waals surface area contributed by atoms with Crippen LogP contribution in [-0.2, 0) is 10.0 Å². The van der Waals surface area contributed by atoms with Crippen LogP contribution >= 0.6 is 11.6 Å². The first-order valence-electron chi connectivity index (χ1n) is 8.21. The number of allylic oxidation sites excluding steroid dienone is 6. The van der Waals surface area contributed by atoms with Crippen LogP contribution in [-0.4, -0.2) is 38.9 Å². The van der Waals surface area contributed by atoms with Crippen LogP contribution in [0.3, 0.4) is 0 Å². The molecule has 0 bridgehead atoms. The summed E-state index contributed by atoms with van der Waals surface area (Å²) in [5.41, 5.74) is 2.60. The van der Waals surface area contributed by atoms with E-state index in [0.717, 1.165) is 36.0 Å². The van der Waals surface area contributed by atoms with Crippen LogP contribution in [0.4, 0.5) is 0 Å². The first-order valence-corrected chi connectivity index (χ1v) is 10.3. The number of hydrogen-bond donors (Lipinski definition) is 1. The minimum absolute atomic E-state index is 0.0629. The Morgan fingerprint density at radius 2 is 2.25 bits per heavy atom. The summed E-state index contributed by atoms with van der Waals surface area (Å²) >= 11 is 6.37. The van der Waals surface area contributed by atoms with E-state index in [1.807, 2.05) is 24.3 Å². The van der Waals surface area contributed by atoms with Gasteiger partial charge < -0.3 is 0 Å². The molecule has 0 radical (unpaired) electrons.